The van der Waals surface area contributed by atoms with Gasteiger partial charge in [0.25, 0.3) is 0 Å². The van der Waals surface area contributed by atoms with E-state index >= 15 is 0 Å². The van der Waals surface area contributed by atoms with E-state index in [1.54, 1.807) is 4.68 Å². The Bertz CT molecular complexity index is 524. The van der Waals surface area contributed by atoms with E-state index in [1.807, 2.05) is 21.0 Å². The molecule has 96 valence electrons. The lowest BCUT2D eigenvalue weighted by atomic mass is 10.1. The lowest BCUT2D eigenvalue weighted by molar-refractivity contribution is 0.585. The van der Waals surface area contributed by atoms with Gasteiger partial charge in [0.2, 0.25) is 0 Å². The molecule has 1 atom stereocenters. The van der Waals surface area contributed by atoms with Gasteiger partial charge in [-0.05, 0) is 54.5 Å². The maximum Gasteiger partial charge on any atom is 0.153 e. The van der Waals surface area contributed by atoms with Crippen LogP contribution in [0, 0.1) is 13.8 Å². The predicted octanol–water partition coefficient (Wildman–Crippen LogP) is 1.90. The van der Waals surface area contributed by atoms with Gasteiger partial charge in [-0.3, -0.25) is 4.98 Å². The fraction of sp³-hybridized carbons (Fsp3) is 0.417. The van der Waals surface area contributed by atoms with E-state index in [1.165, 1.54) is 5.56 Å². The molecule has 0 saturated carbocycles. The zero-order valence-electron chi connectivity index (χ0n) is 10.9. The highest BCUT2D eigenvalue weighted by atomic mass is 79.9. The van der Waals surface area contributed by atoms with Gasteiger partial charge in [0.1, 0.15) is 0 Å². The molecule has 0 aliphatic rings. The highest BCUT2D eigenvalue weighted by Crippen LogP contribution is 2.25. The van der Waals surface area contributed by atoms with Gasteiger partial charge >= 0.3 is 0 Å². The Balaban J connectivity index is 2.52. The van der Waals surface area contributed by atoms with Crippen LogP contribution in [0.4, 0.5) is 0 Å². The first kappa shape index (κ1) is 13.2. The fourth-order valence-electron chi connectivity index (χ4n) is 2.09. The quantitative estimate of drug-likeness (QED) is 0.941. The molecule has 0 radical (unpaired) electrons. The Morgan fingerprint density at radius 3 is 2.56 bits per heavy atom. The van der Waals surface area contributed by atoms with E-state index in [0.717, 1.165) is 21.7 Å². The first-order valence-electron chi connectivity index (χ1n) is 5.70. The summed E-state index contributed by atoms with van der Waals surface area (Å²) >= 11 is 3.43. The van der Waals surface area contributed by atoms with Gasteiger partial charge in [-0.2, -0.15) is 0 Å². The minimum Gasteiger partial charge on any atom is -0.307 e. The van der Waals surface area contributed by atoms with Gasteiger partial charge < -0.3 is 5.32 Å². The Kier molecular flexibility index (Phi) is 3.77. The molecule has 0 saturated heterocycles. The summed E-state index contributed by atoms with van der Waals surface area (Å²) in [6, 6.07) is 4.11. The van der Waals surface area contributed by atoms with Crippen LogP contribution in [-0.2, 0) is 7.05 Å². The van der Waals surface area contributed by atoms with Crippen LogP contribution in [-0.4, -0.2) is 27.0 Å². The zero-order chi connectivity index (χ0) is 13.3. The molecule has 5 nitrogen and oxygen atoms in total. The van der Waals surface area contributed by atoms with E-state index in [2.05, 4.69) is 55.6 Å². The van der Waals surface area contributed by atoms with Crippen molar-refractivity contribution in [3.8, 4) is 0 Å². The van der Waals surface area contributed by atoms with Crippen molar-refractivity contribution in [2.75, 3.05) is 7.05 Å². The lowest BCUT2D eigenvalue weighted by Crippen LogP contribution is -2.22. The van der Waals surface area contributed by atoms with Gasteiger partial charge in [0.15, 0.2) is 4.60 Å². The topological polar surface area (TPSA) is 55.6 Å². The Labute approximate surface area is 115 Å². The fourth-order valence-corrected chi connectivity index (χ4v) is 2.65. The van der Waals surface area contributed by atoms with Crippen LogP contribution in [0.3, 0.4) is 0 Å². The van der Waals surface area contributed by atoms with E-state index in [0.29, 0.717) is 0 Å². The second-order valence-electron chi connectivity index (χ2n) is 4.32. The van der Waals surface area contributed by atoms with Crippen LogP contribution in [0.5, 0.6) is 0 Å². The molecule has 0 aliphatic heterocycles. The van der Waals surface area contributed by atoms with Crippen molar-refractivity contribution in [1.82, 2.24) is 25.3 Å². The highest BCUT2D eigenvalue weighted by molar-refractivity contribution is 9.10. The monoisotopic (exact) mass is 309 g/mol. The molecule has 0 bridgehead atoms. The van der Waals surface area contributed by atoms with Crippen molar-refractivity contribution < 1.29 is 0 Å². The third kappa shape index (κ3) is 2.44. The van der Waals surface area contributed by atoms with Crippen LogP contribution < -0.4 is 5.32 Å². The largest absolute Gasteiger partial charge is 0.307 e. The molecule has 6 heteroatoms. The first-order valence-corrected chi connectivity index (χ1v) is 6.49. The van der Waals surface area contributed by atoms with Crippen molar-refractivity contribution in [2.45, 2.75) is 19.9 Å². The van der Waals surface area contributed by atoms with E-state index in [9.17, 15) is 0 Å². The molecular weight excluding hydrogens is 294 g/mol. The molecule has 2 rings (SSSR count). The number of nitrogens with one attached hydrogen (secondary N) is 1. The number of nitrogens with zero attached hydrogens (tertiary/aromatic N) is 4. The van der Waals surface area contributed by atoms with E-state index in [4.69, 9.17) is 0 Å². The molecule has 0 fully saturated rings. The smallest absolute Gasteiger partial charge is 0.153 e. The van der Waals surface area contributed by atoms with E-state index < -0.39 is 0 Å². The second kappa shape index (κ2) is 5.16. The molecule has 2 aromatic rings. The summed E-state index contributed by atoms with van der Waals surface area (Å²) in [6.07, 6.45) is 0. The molecule has 1 N–H and O–H groups in total. The van der Waals surface area contributed by atoms with Crippen molar-refractivity contribution >= 4 is 15.9 Å². The number of halogens is 1. The van der Waals surface area contributed by atoms with Crippen LogP contribution in [0.1, 0.15) is 28.7 Å². The summed E-state index contributed by atoms with van der Waals surface area (Å²) in [5.41, 5.74) is 4.15. The summed E-state index contributed by atoms with van der Waals surface area (Å²) in [7, 11) is 3.78. The summed E-state index contributed by atoms with van der Waals surface area (Å²) in [5, 5.41) is 11.3. The number of pyridine rings is 1. The van der Waals surface area contributed by atoms with Crippen molar-refractivity contribution in [1.29, 1.82) is 0 Å². The molecule has 0 aliphatic carbocycles. The Morgan fingerprint density at radius 1 is 1.33 bits per heavy atom. The average molecular weight is 310 g/mol. The Hall–Kier alpha value is -1.27. The molecule has 0 amide bonds. The third-order valence-electron chi connectivity index (χ3n) is 2.80. The summed E-state index contributed by atoms with van der Waals surface area (Å²) < 4.78 is 2.50. The van der Waals surface area contributed by atoms with Gasteiger partial charge in [-0.1, -0.05) is 5.21 Å². The van der Waals surface area contributed by atoms with Crippen molar-refractivity contribution in [3.05, 3.63) is 39.4 Å². The maximum atomic E-state index is 4.59. The number of hydrogen-bond acceptors (Lipinski definition) is 4. The predicted molar refractivity (Wildman–Crippen MR) is 73.3 cm³/mol. The second-order valence-corrected chi connectivity index (χ2v) is 5.07. The molecule has 18 heavy (non-hydrogen) atoms. The SMILES string of the molecule is CNC(c1cc(C)cc(C)n1)c1c(Br)nnn1C. The lowest BCUT2D eigenvalue weighted by Gasteiger charge is -2.17. The van der Waals surface area contributed by atoms with E-state index in [-0.39, 0.29) is 6.04 Å². The number of hydrogen-bond donors (Lipinski definition) is 1. The van der Waals surface area contributed by atoms with Crippen molar-refractivity contribution in [2.24, 2.45) is 7.05 Å². The summed E-state index contributed by atoms with van der Waals surface area (Å²) in [4.78, 5) is 4.59. The standard InChI is InChI=1S/C12H16BrN5/c1-7-5-8(2)15-9(6-7)10(14-3)11-12(13)16-17-18(11)4/h5-6,10,14H,1-4H3. The summed E-state index contributed by atoms with van der Waals surface area (Å²) in [5.74, 6) is 0. The molecular formula is C12H16BrN5. The zero-order valence-corrected chi connectivity index (χ0v) is 12.5. The molecule has 2 aromatic heterocycles. The van der Waals surface area contributed by atoms with Crippen LogP contribution >= 0.6 is 15.9 Å². The average Bonchev–Trinajstić information content (AvgIpc) is 2.61. The van der Waals surface area contributed by atoms with Gasteiger partial charge in [0, 0.05) is 12.7 Å². The molecule has 2 heterocycles. The number of rotatable bonds is 3. The third-order valence-corrected chi connectivity index (χ3v) is 3.37. The van der Waals surface area contributed by atoms with Crippen molar-refractivity contribution in [3.63, 3.8) is 0 Å². The number of aryl methyl sites for hydroxylation is 3. The van der Waals surface area contributed by atoms with Gasteiger partial charge in [-0.25, -0.2) is 4.68 Å². The number of aromatic nitrogens is 4. The van der Waals surface area contributed by atoms with Crippen LogP contribution in [0.15, 0.2) is 16.7 Å². The highest BCUT2D eigenvalue weighted by Gasteiger charge is 2.21. The van der Waals surface area contributed by atoms with Crippen LogP contribution in [0.2, 0.25) is 0 Å². The molecule has 0 aromatic carbocycles. The normalized spacial score (nSPS) is 12.7. The first-order chi connectivity index (χ1) is 8.52. The minimum absolute atomic E-state index is 0.0297. The maximum absolute atomic E-state index is 4.59. The van der Waals surface area contributed by atoms with Gasteiger partial charge in [-0.15, -0.1) is 5.10 Å². The Morgan fingerprint density at radius 2 is 2.06 bits per heavy atom. The minimum atomic E-state index is -0.0297. The molecule has 1 unspecified atom stereocenters. The van der Waals surface area contributed by atoms with Crippen LogP contribution in [0.25, 0.3) is 0 Å². The summed E-state index contributed by atoms with van der Waals surface area (Å²) in [6.45, 7) is 4.07. The molecule has 0 spiro atoms. The van der Waals surface area contributed by atoms with Gasteiger partial charge in [0.05, 0.1) is 17.4 Å².